The average molecular weight is 426 g/mol. The molecule has 3 heterocycles. The monoisotopic (exact) mass is 425 g/mol. The molecule has 0 unspecified atom stereocenters. The number of aromatic amines is 1. The van der Waals surface area contributed by atoms with E-state index in [0.717, 1.165) is 16.0 Å². The number of benzene rings is 1. The van der Waals surface area contributed by atoms with Crippen LogP contribution in [0.2, 0.25) is 5.28 Å². The number of H-pyrrole nitrogens is 1. The van der Waals surface area contributed by atoms with Gasteiger partial charge in [-0.3, -0.25) is 0 Å². The van der Waals surface area contributed by atoms with Crippen LogP contribution >= 0.6 is 23.3 Å². The quantitative estimate of drug-likeness (QED) is 0.499. The zero-order valence-electron chi connectivity index (χ0n) is 14.2. The first kappa shape index (κ1) is 17.9. The zero-order chi connectivity index (χ0) is 19.3. The van der Waals surface area contributed by atoms with Gasteiger partial charge in [-0.05, 0) is 30.7 Å². The summed E-state index contributed by atoms with van der Waals surface area (Å²) >= 11 is 6.74. The van der Waals surface area contributed by atoms with Crippen molar-refractivity contribution < 1.29 is 8.42 Å². The molecule has 3 aromatic heterocycles. The number of azo groups is 1. The van der Waals surface area contributed by atoms with Gasteiger partial charge in [-0.1, -0.05) is 0 Å². The Balaban J connectivity index is 1.82. The second kappa shape index (κ2) is 6.30. The fourth-order valence-corrected chi connectivity index (χ4v) is 4.24. The molecule has 0 saturated heterocycles. The number of aryl methyl sites for hydroxylation is 1. The highest BCUT2D eigenvalue weighted by molar-refractivity contribution is 7.89. The molecule has 0 aliphatic carbocycles. The van der Waals surface area contributed by atoms with Crippen molar-refractivity contribution in [3.05, 3.63) is 23.1 Å². The summed E-state index contributed by atoms with van der Waals surface area (Å²) in [5, 5.41) is 16.8. The molecule has 0 saturated carbocycles. The van der Waals surface area contributed by atoms with Gasteiger partial charge in [0, 0.05) is 14.1 Å². The Bertz CT molecular complexity index is 1300. The number of hydrogen-bond donors (Lipinski definition) is 1. The van der Waals surface area contributed by atoms with Gasteiger partial charge in [0.1, 0.15) is 21.6 Å². The van der Waals surface area contributed by atoms with Crippen LogP contribution in [0.4, 0.5) is 11.4 Å². The lowest BCUT2D eigenvalue weighted by Gasteiger charge is -2.11. The fraction of sp³-hybridized carbons (Fsp3) is 0.231. The Morgan fingerprint density at radius 2 is 1.93 bits per heavy atom. The van der Waals surface area contributed by atoms with E-state index in [4.69, 9.17) is 11.6 Å². The molecular weight excluding hydrogens is 414 g/mol. The van der Waals surface area contributed by atoms with E-state index in [2.05, 4.69) is 34.2 Å². The highest BCUT2D eigenvalue weighted by Gasteiger charge is 2.23. The molecule has 0 fully saturated rings. The number of fused-ring (bicyclic) bond motifs is 2. The second-order valence-electron chi connectivity index (χ2n) is 5.72. The molecule has 140 valence electrons. The van der Waals surface area contributed by atoms with Crippen LogP contribution < -0.4 is 0 Å². The summed E-state index contributed by atoms with van der Waals surface area (Å²) in [6, 6.07) is 2.99. The van der Waals surface area contributed by atoms with Crippen molar-refractivity contribution in [2.24, 2.45) is 10.2 Å². The SMILES string of the molecule is Cc1nn2nc(Cl)[nH]c2c1/N=N/c1ccc(S(=O)(=O)N(C)C)c2nsnc12. The molecular formula is C13H12ClN9O2S2. The third kappa shape index (κ3) is 2.88. The molecule has 0 bridgehead atoms. The molecule has 27 heavy (non-hydrogen) atoms. The van der Waals surface area contributed by atoms with Crippen molar-refractivity contribution in [2.45, 2.75) is 11.8 Å². The first-order valence-corrected chi connectivity index (χ1v) is 10.0. The van der Waals surface area contributed by atoms with Crippen molar-refractivity contribution in [1.82, 2.24) is 32.9 Å². The number of sulfonamides is 1. The molecule has 11 nitrogen and oxygen atoms in total. The van der Waals surface area contributed by atoms with E-state index >= 15 is 0 Å². The van der Waals surface area contributed by atoms with Gasteiger partial charge in [0.15, 0.2) is 11.3 Å². The molecule has 0 aliphatic rings. The Kier molecular flexibility index (Phi) is 4.18. The van der Waals surface area contributed by atoms with E-state index in [0.29, 0.717) is 28.2 Å². The lowest BCUT2D eigenvalue weighted by molar-refractivity contribution is 0.521. The zero-order valence-corrected chi connectivity index (χ0v) is 16.6. The Morgan fingerprint density at radius 1 is 1.19 bits per heavy atom. The topological polar surface area (TPSA) is 134 Å². The highest BCUT2D eigenvalue weighted by Crippen LogP contribution is 2.33. The predicted octanol–water partition coefficient (Wildman–Crippen LogP) is 2.69. The minimum atomic E-state index is -3.66. The highest BCUT2D eigenvalue weighted by atomic mass is 35.5. The molecule has 0 amide bonds. The fourth-order valence-electron chi connectivity index (χ4n) is 2.43. The van der Waals surface area contributed by atoms with E-state index in [1.165, 1.54) is 24.8 Å². The Hall–Kier alpha value is -2.48. The summed E-state index contributed by atoms with van der Waals surface area (Å²) < 4.78 is 35.7. The van der Waals surface area contributed by atoms with Gasteiger partial charge in [-0.25, -0.2) is 12.7 Å². The third-order valence-electron chi connectivity index (χ3n) is 3.79. The molecule has 0 spiro atoms. The Labute approximate surface area is 162 Å². The molecule has 4 rings (SSSR count). The number of aromatic nitrogens is 6. The van der Waals surface area contributed by atoms with Crippen molar-refractivity contribution >= 4 is 61.4 Å². The number of hydrogen-bond acceptors (Lipinski definition) is 9. The van der Waals surface area contributed by atoms with Gasteiger partial charge in [0.05, 0.1) is 17.4 Å². The lowest BCUT2D eigenvalue weighted by atomic mass is 10.3. The van der Waals surface area contributed by atoms with Crippen molar-refractivity contribution in [3.8, 4) is 0 Å². The maximum atomic E-state index is 12.5. The van der Waals surface area contributed by atoms with Crippen molar-refractivity contribution in [3.63, 3.8) is 0 Å². The molecule has 14 heteroatoms. The van der Waals surface area contributed by atoms with Gasteiger partial charge in [0.2, 0.25) is 15.3 Å². The molecule has 1 N–H and O–H groups in total. The minimum Gasteiger partial charge on any atom is -0.310 e. The van der Waals surface area contributed by atoms with Gasteiger partial charge >= 0.3 is 0 Å². The van der Waals surface area contributed by atoms with E-state index in [9.17, 15) is 8.42 Å². The summed E-state index contributed by atoms with van der Waals surface area (Å²) in [7, 11) is -0.744. The van der Waals surface area contributed by atoms with E-state index in [1.807, 2.05) is 0 Å². The van der Waals surface area contributed by atoms with E-state index in [-0.39, 0.29) is 15.7 Å². The molecule has 1 aromatic carbocycles. The summed E-state index contributed by atoms with van der Waals surface area (Å²) in [5.74, 6) is 0. The third-order valence-corrected chi connectivity index (χ3v) is 6.33. The number of halogens is 1. The van der Waals surface area contributed by atoms with Crippen LogP contribution in [0.1, 0.15) is 5.69 Å². The summed E-state index contributed by atoms with van der Waals surface area (Å²) in [5.41, 5.74) is 2.58. The second-order valence-corrected chi connectivity index (χ2v) is 8.73. The summed E-state index contributed by atoms with van der Waals surface area (Å²) in [4.78, 5) is 2.92. The first-order chi connectivity index (χ1) is 12.8. The van der Waals surface area contributed by atoms with Gasteiger partial charge in [0.25, 0.3) is 0 Å². The van der Waals surface area contributed by atoms with Gasteiger partial charge in [-0.15, -0.1) is 20.0 Å². The van der Waals surface area contributed by atoms with E-state index < -0.39 is 10.0 Å². The van der Waals surface area contributed by atoms with E-state index in [1.54, 1.807) is 13.0 Å². The lowest BCUT2D eigenvalue weighted by Crippen LogP contribution is -2.22. The van der Waals surface area contributed by atoms with Crippen LogP contribution in [-0.2, 0) is 10.0 Å². The molecule has 0 radical (unpaired) electrons. The molecule has 0 atom stereocenters. The average Bonchev–Trinajstić information content (AvgIpc) is 3.27. The maximum absolute atomic E-state index is 12.5. The standard InChI is InChI=1S/C13H12ClN9O2S2/c1-6-9(12-15-13(14)19-23(12)18-6)17-16-7-4-5-8(27(24,25)22(2)3)11-10(7)20-26-21-11/h4-5H,1-3H3,(H,15,19)/b17-16+. The van der Waals surface area contributed by atoms with Crippen LogP contribution in [0.15, 0.2) is 27.3 Å². The van der Waals surface area contributed by atoms with Crippen LogP contribution in [-0.4, -0.2) is 55.4 Å². The van der Waals surface area contributed by atoms with Crippen LogP contribution in [0, 0.1) is 6.92 Å². The Morgan fingerprint density at radius 3 is 2.67 bits per heavy atom. The van der Waals surface area contributed by atoms with Crippen molar-refractivity contribution in [2.75, 3.05) is 14.1 Å². The normalized spacial score (nSPS) is 12.9. The largest absolute Gasteiger partial charge is 0.310 e. The van der Waals surface area contributed by atoms with Gasteiger partial charge in [-0.2, -0.15) is 13.8 Å². The molecule has 0 aliphatic heterocycles. The minimum absolute atomic E-state index is 0.0691. The predicted molar refractivity (Wildman–Crippen MR) is 99.5 cm³/mol. The number of nitrogens with one attached hydrogen (secondary N) is 1. The van der Waals surface area contributed by atoms with Crippen LogP contribution in [0.5, 0.6) is 0 Å². The number of nitrogens with zero attached hydrogens (tertiary/aromatic N) is 8. The smallest absolute Gasteiger partial charge is 0.244 e. The summed E-state index contributed by atoms with van der Waals surface area (Å²) in [6.45, 7) is 1.76. The molecule has 4 aromatic rings. The number of rotatable bonds is 4. The van der Waals surface area contributed by atoms with Crippen molar-refractivity contribution in [1.29, 1.82) is 0 Å². The van der Waals surface area contributed by atoms with Crippen LogP contribution in [0.3, 0.4) is 0 Å². The maximum Gasteiger partial charge on any atom is 0.244 e. The summed E-state index contributed by atoms with van der Waals surface area (Å²) in [6.07, 6.45) is 0. The first-order valence-electron chi connectivity index (χ1n) is 7.49. The van der Waals surface area contributed by atoms with Crippen LogP contribution in [0.25, 0.3) is 16.7 Å². The van der Waals surface area contributed by atoms with Gasteiger partial charge < -0.3 is 4.98 Å².